The Morgan fingerprint density at radius 1 is 1.00 bits per heavy atom. The minimum Gasteiger partial charge on any atom is -0.338 e. The largest absolute Gasteiger partial charge is 0.338 e. The second kappa shape index (κ2) is 9.83. The van der Waals surface area contributed by atoms with E-state index in [2.05, 4.69) is 22.0 Å². The molecule has 1 atom stereocenters. The second-order valence-electron chi connectivity index (χ2n) is 7.94. The molecule has 3 aliphatic rings. The SMILES string of the molecule is O=C(NCCCNC(=O)N1CCC2CCCC=C2C1)NC1CCCCC1. The summed E-state index contributed by atoms with van der Waals surface area (Å²) in [6.45, 7) is 2.84. The van der Waals surface area contributed by atoms with E-state index >= 15 is 0 Å². The number of hydrogen-bond acceptors (Lipinski definition) is 2. The molecule has 0 spiro atoms. The molecule has 0 radical (unpaired) electrons. The lowest BCUT2D eigenvalue weighted by Gasteiger charge is -2.36. The molecular formula is C20H34N4O2. The fourth-order valence-electron chi connectivity index (χ4n) is 4.39. The van der Waals surface area contributed by atoms with Crippen LogP contribution in [0.5, 0.6) is 0 Å². The van der Waals surface area contributed by atoms with Gasteiger partial charge in [-0.3, -0.25) is 0 Å². The van der Waals surface area contributed by atoms with Crippen molar-refractivity contribution in [1.29, 1.82) is 0 Å². The van der Waals surface area contributed by atoms with Crippen molar-refractivity contribution in [2.24, 2.45) is 5.92 Å². The lowest BCUT2D eigenvalue weighted by atomic mass is 9.82. The molecule has 1 aliphatic heterocycles. The van der Waals surface area contributed by atoms with Crippen LogP contribution >= 0.6 is 0 Å². The predicted octanol–water partition coefficient (Wildman–Crippen LogP) is 3.15. The summed E-state index contributed by atoms with van der Waals surface area (Å²) in [5.74, 6) is 0.708. The van der Waals surface area contributed by atoms with E-state index in [1.807, 2.05) is 4.90 Å². The smallest absolute Gasteiger partial charge is 0.317 e. The molecule has 1 unspecified atom stereocenters. The van der Waals surface area contributed by atoms with Gasteiger partial charge >= 0.3 is 12.1 Å². The minimum absolute atomic E-state index is 0.0292. The standard InChI is InChI=1S/C20H34N4O2/c25-19(23-18-9-2-1-3-10-18)21-12-6-13-22-20(26)24-14-11-16-7-4-5-8-17(16)15-24/h8,16,18H,1-7,9-15H2,(H,22,26)(H2,21,23,25). The summed E-state index contributed by atoms with van der Waals surface area (Å²) in [6.07, 6.45) is 13.8. The molecule has 0 aromatic heterocycles. The number of allylic oxidation sites excluding steroid dienone is 1. The summed E-state index contributed by atoms with van der Waals surface area (Å²) in [5, 5.41) is 8.93. The molecule has 4 amide bonds. The summed E-state index contributed by atoms with van der Waals surface area (Å²) in [5.41, 5.74) is 1.46. The summed E-state index contributed by atoms with van der Waals surface area (Å²) < 4.78 is 0. The molecule has 3 N–H and O–H groups in total. The molecule has 1 saturated heterocycles. The number of nitrogens with one attached hydrogen (secondary N) is 3. The van der Waals surface area contributed by atoms with Crippen LogP contribution in [0.15, 0.2) is 11.6 Å². The van der Waals surface area contributed by atoms with Crippen LogP contribution in [0.2, 0.25) is 0 Å². The fourth-order valence-corrected chi connectivity index (χ4v) is 4.39. The average Bonchev–Trinajstić information content (AvgIpc) is 2.68. The Balaban J connectivity index is 1.26. The first-order chi connectivity index (χ1) is 12.7. The van der Waals surface area contributed by atoms with E-state index in [9.17, 15) is 9.59 Å². The highest BCUT2D eigenvalue weighted by Crippen LogP contribution is 2.31. The van der Waals surface area contributed by atoms with Gasteiger partial charge in [0.25, 0.3) is 0 Å². The van der Waals surface area contributed by atoms with E-state index < -0.39 is 0 Å². The van der Waals surface area contributed by atoms with Crippen molar-refractivity contribution in [2.75, 3.05) is 26.2 Å². The maximum absolute atomic E-state index is 12.3. The van der Waals surface area contributed by atoms with E-state index in [0.717, 1.165) is 45.2 Å². The Morgan fingerprint density at radius 3 is 2.65 bits per heavy atom. The van der Waals surface area contributed by atoms with Gasteiger partial charge in [-0.2, -0.15) is 0 Å². The molecule has 2 aliphatic carbocycles. The van der Waals surface area contributed by atoms with Crippen molar-refractivity contribution >= 4 is 12.1 Å². The number of fused-ring (bicyclic) bond motifs is 1. The average molecular weight is 363 g/mol. The molecule has 3 rings (SSSR count). The van der Waals surface area contributed by atoms with Gasteiger partial charge in [0, 0.05) is 32.2 Å². The minimum atomic E-state index is -0.0745. The fraction of sp³-hybridized carbons (Fsp3) is 0.800. The number of amides is 4. The molecule has 1 saturated carbocycles. The third-order valence-corrected chi connectivity index (χ3v) is 5.95. The van der Waals surface area contributed by atoms with Gasteiger partial charge in [-0.05, 0) is 50.9 Å². The Kier molecular flexibility index (Phi) is 7.21. The molecular weight excluding hydrogens is 328 g/mol. The van der Waals surface area contributed by atoms with Crippen molar-refractivity contribution in [2.45, 2.75) is 70.3 Å². The van der Waals surface area contributed by atoms with Crippen LogP contribution in [-0.4, -0.2) is 49.2 Å². The van der Waals surface area contributed by atoms with Gasteiger partial charge in [0.2, 0.25) is 0 Å². The van der Waals surface area contributed by atoms with Crippen LogP contribution in [0.4, 0.5) is 9.59 Å². The van der Waals surface area contributed by atoms with Gasteiger partial charge in [0.05, 0.1) is 0 Å². The first kappa shape index (κ1) is 19.1. The molecule has 6 nitrogen and oxygen atoms in total. The summed E-state index contributed by atoms with van der Waals surface area (Å²) in [4.78, 5) is 26.1. The highest BCUT2D eigenvalue weighted by molar-refractivity contribution is 5.75. The lowest BCUT2D eigenvalue weighted by molar-refractivity contribution is 0.186. The van der Waals surface area contributed by atoms with Crippen molar-refractivity contribution in [3.05, 3.63) is 11.6 Å². The number of carbonyl (C=O) groups is 2. The maximum Gasteiger partial charge on any atom is 0.317 e. The molecule has 0 bridgehead atoms. The molecule has 6 heteroatoms. The third kappa shape index (κ3) is 5.64. The monoisotopic (exact) mass is 362 g/mol. The number of carbonyl (C=O) groups excluding carboxylic acids is 2. The van der Waals surface area contributed by atoms with Gasteiger partial charge in [-0.1, -0.05) is 30.9 Å². The number of urea groups is 2. The first-order valence-corrected chi connectivity index (χ1v) is 10.5. The van der Waals surface area contributed by atoms with Gasteiger partial charge in [-0.15, -0.1) is 0 Å². The number of piperidine rings is 1. The van der Waals surface area contributed by atoms with Gasteiger partial charge < -0.3 is 20.9 Å². The number of nitrogens with zero attached hydrogens (tertiary/aromatic N) is 1. The highest BCUT2D eigenvalue weighted by Gasteiger charge is 2.27. The molecule has 0 aromatic rings. The van der Waals surface area contributed by atoms with E-state index in [1.165, 1.54) is 37.7 Å². The Hall–Kier alpha value is -1.72. The number of likely N-dealkylation sites (tertiary alicyclic amines) is 1. The van der Waals surface area contributed by atoms with Gasteiger partial charge in [0.1, 0.15) is 0 Å². The lowest BCUT2D eigenvalue weighted by Crippen LogP contribution is -2.46. The number of hydrogen-bond donors (Lipinski definition) is 3. The maximum atomic E-state index is 12.3. The van der Waals surface area contributed by atoms with Crippen molar-refractivity contribution in [1.82, 2.24) is 20.9 Å². The van der Waals surface area contributed by atoms with Crippen LogP contribution in [0.25, 0.3) is 0 Å². The summed E-state index contributed by atoms with van der Waals surface area (Å²) >= 11 is 0. The summed E-state index contributed by atoms with van der Waals surface area (Å²) in [6, 6.07) is 0.289. The molecule has 146 valence electrons. The predicted molar refractivity (Wildman–Crippen MR) is 103 cm³/mol. The quantitative estimate of drug-likeness (QED) is 0.519. The van der Waals surface area contributed by atoms with E-state index in [-0.39, 0.29) is 12.1 Å². The van der Waals surface area contributed by atoms with Gasteiger partial charge in [0.15, 0.2) is 0 Å². The van der Waals surface area contributed by atoms with Crippen LogP contribution in [0, 0.1) is 5.92 Å². The van der Waals surface area contributed by atoms with Crippen LogP contribution in [-0.2, 0) is 0 Å². The van der Waals surface area contributed by atoms with Crippen LogP contribution < -0.4 is 16.0 Å². The van der Waals surface area contributed by atoms with E-state index in [1.54, 1.807) is 0 Å². The molecule has 0 aromatic carbocycles. The zero-order valence-corrected chi connectivity index (χ0v) is 15.9. The normalized spacial score (nSPS) is 23.6. The topological polar surface area (TPSA) is 73.5 Å². The van der Waals surface area contributed by atoms with Crippen molar-refractivity contribution in [3.63, 3.8) is 0 Å². The zero-order chi connectivity index (χ0) is 18.2. The molecule has 2 fully saturated rings. The molecule has 1 heterocycles. The highest BCUT2D eigenvalue weighted by atomic mass is 16.2. The second-order valence-corrected chi connectivity index (χ2v) is 7.94. The Morgan fingerprint density at radius 2 is 1.81 bits per heavy atom. The van der Waals surface area contributed by atoms with E-state index in [0.29, 0.717) is 25.0 Å². The Bertz CT molecular complexity index is 514. The first-order valence-electron chi connectivity index (χ1n) is 10.5. The molecule has 26 heavy (non-hydrogen) atoms. The number of rotatable bonds is 5. The van der Waals surface area contributed by atoms with Crippen LogP contribution in [0.1, 0.15) is 64.2 Å². The van der Waals surface area contributed by atoms with Crippen molar-refractivity contribution in [3.8, 4) is 0 Å². The summed E-state index contributed by atoms with van der Waals surface area (Å²) in [7, 11) is 0. The third-order valence-electron chi connectivity index (χ3n) is 5.95. The van der Waals surface area contributed by atoms with Gasteiger partial charge in [-0.25, -0.2) is 9.59 Å². The zero-order valence-electron chi connectivity index (χ0n) is 15.9. The van der Waals surface area contributed by atoms with Crippen LogP contribution in [0.3, 0.4) is 0 Å². The van der Waals surface area contributed by atoms with Crippen molar-refractivity contribution < 1.29 is 9.59 Å². The van der Waals surface area contributed by atoms with E-state index in [4.69, 9.17) is 0 Å². The Labute approximate surface area is 157 Å².